The van der Waals surface area contributed by atoms with Crippen molar-refractivity contribution in [2.75, 3.05) is 0 Å². The number of aliphatic hydroxyl groups excluding tert-OH is 1. The Labute approximate surface area is 97.9 Å². The van der Waals surface area contributed by atoms with Crippen molar-refractivity contribution in [3.8, 4) is 0 Å². The SMILES string of the molecule is CC(C)O.CCCCCC.O.O=P(O)(O)O. The summed E-state index contributed by atoms with van der Waals surface area (Å²) in [7, 11) is -4.64. The van der Waals surface area contributed by atoms with Crippen LogP contribution >= 0.6 is 7.82 Å². The van der Waals surface area contributed by atoms with Crippen LogP contribution in [0.25, 0.3) is 0 Å². The number of rotatable bonds is 3. The highest BCUT2D eigenvalue weighted by Gasteiger charge is 2.00. The minimum Gasteiger partial charge on any atom is -0.412 e. The van der Waals surface area contributed by atoms with E-state index in [0.717, 1.165) is 0 Å². The lowest BCUT2D eigenvalue weighted by molar-refractivity contribution is 0.216. The fourth-order valence-corrected chi connectivity index (χ4v) is 0.500. The highest BCUT2D eigenvalue weighted by Crippen LogP contribution is 2.25. The van der Waals surface area contributed by atoms with Gasteiger partial charge in [-0.15, -0.1) is 0 Å². The van der Waals surface area contributed by atoms with Gasteiger partial charge in [0.1, 0.15) is 0 Å². The number of phosphoric acid groups is 1. The van der Waals surface area contributed by atoms with Gasteiger partial charge >= 0.3 is 7.82 Å². The topological polar surface area (TPSA) is 129 Å². The van der Waals surface area contributed by atoms with Crippen LogP contribution in [0.3, 0.4) is 0 Å². The largest absolute Gasteiger partial charge is 0.466 e. The zero-order valence-corrected chi connectivity index (χ0v) is 11.4. The maximum absolute atomic E-state index is 8.88. The molecule has 0 amide bonds. The minimum absolute atomic E-state index is 0. The van der Waals surface area contributed by atoms with Crippen LogP contribution in [0.2, 0.25) is 0 Å². The quantitative estimate of drug-likeness (QED) is 0.449. The maximum Gasteiger partial charge on any atom is 0.466 e. The Morgan fingerprint density at radius 2 is 1.12 bits per heavy atom. The molecular formula is C9H27O6P. The van der Waals surface area contributed by atoms with E-state index in [9.17, 15) is 0 Å². The van der Waals surface area contributed by atoms with Gasteiger partial charge in [-0.05, 0) is 13.8 Å². The molecule has 0 aliphatic rings. The highest BCUT2D eigenvalue weighted by atomic mass is 31.2. The van der Waals surface area contributed by atoms with E-state index < -0.39 is 7.82 Å². The molecular weight excluding hydrogens is 235 g/mol. The predicted octanol–water partition coefficient (Wildman–Crippen LogP) is 1.22. The fourth-order valence-electron chi connectivity index (χ4n) is 0.500. The third-order valence-electron chi connectivity index (χ3n) is 0.957. The molecule has 0 heterocycles. The van der Waals surface area contributed by atoms with Crippen LogP contribution in [0.15, 0.2) is 0 Å². The first-order valence-electron chi connectivity index (χ1n) is 5.11. The van der Waals surface area contributed by atoms with E-state index in [2.05, 4.69) is 13.8 Å². The number of hydrogen-bond acceptors (Lipinski definition) is 2. The summed E-state index contributed by atoms with van der Waals surface area (Å²) in [4.78, 5) is 21.6. The average Bonchev–Trinajstić information content (AvgIpc) is 1.96. The number of unbranched alkanes of at least 4 members (excludes halogenated alkanes) is 3. The van der Waals surface area contributed by atoms with Crippen molar-refractivity contribution in [2.24, 2.45) is 0 Å². The van der Waals surface area contributed by atoms with Crippen LogP contribution in [0.5, 0.6) is 0 Å². The Balaban J connectivity index is -0.0000000668. The molecule has 0 atom stereocenters. The van der Waals surface area contributed by atoms with E-state index in [-0.39, 0.29) is 11.6 Å². The van der Waals surface area contributed by atoms with E-state index >= 15 is 0 Å². The van der Waals surface area contributed by atoms with Crippen molar-refractivity contribution in [1.82, 2.24) is 0 Å². The van der Waals surface area contributed by atoms with Gasteiger partial charge in [0.2, 0.25) is 0 Å². The van der Waals surface area contributed by atoms with Crippen LogP contribution < -0.4 is 0 Å². The Morgan fingerprint density at radius 3 is 1.19 bits per heavy atom. The normalized spacial score (nSPS) is 9.31. The molecule has 0 aliphatic carbocycles. The summed E-state index contributed by atoms with van der Waals surface area (Å²) < 4.78 is 8.88. The number of hydrogen-bond donors (Lipinski definition) is 4. The van der Waals surface area contributed by atoms with Gasteiger partial charge in [-0.2, -0.15) is 0 Å². The molecule has 0 aromatic rings. The van der Waals surface area contributed by atoms with Gasteiger partial charge < -0.3 is 25.3 Å². The zero-order chi connectivity index (χ0) is 12.9. The third-order valence-corrected chi connectivity index (χ3v) is 0.957. The molecule has 0 spiro atoms. The summed E-state index contributed by atoms with van der Waals surface area (Å²) in [5.41, 5.74) is 0. The Hall–Kier alpha value is 0.0300. The molecule has 0 saturated carbocycles. The molecule has 0 bridgehead atoms. The molecule has 0 saturated heterocycles. The molecule has 7 heteroatoms. The second-order valence-electron chi connectivity index (χ2n) is 3.31. The van der Waals surface area contributed by atoms with E-state index in [1.165, 1.54) is 25.7 Å². The van der Waals surface area contributed by atoms with Crippen molar-refractivity contribution >= 4 is 7.82 Å². The van der Waals surface area contributed by atoms with Crippen LogP contribution in [-0.4, -0.2) is 31.4 Å². The van der Waals surface area contributed by atoms with Gasteiger partial charge in [-0.3, -0.25) is 0 Å². The lowest BCUT2D eigenvalue weighted by Gasteiger charge is -1.86. The molecule has 0 aromatic carbocycles. The van der Waals surface area contributed by atoms with Gasteiger partial charge in [0.05, 0.1) is 0 Å². The van der Waals surface area contributed by atoms with Crippen molar-refractivity contribution < 1.29 is 29.8 Å². The molecule has 6 nitrogen and oxygen atoms in total. The molecule has 16 heavy (non-hydrogen) atoms. The molecule has 0 aromatic heterocycles. The van der Waals surface area contributed by atoms with Gasteiger partial charge in [0.15, 0.2) is 0 Å². The van der Waals surface area contributed by atoms with Gasteiger partial charge in [-0.1, -0.05) is 39.5 Å². The van der Waals surface area contributed by atoms with Gasteiger partial charge in [0.25, 0.3) is 0 Å². The summed E-state index contributed by atoms with van der Waals surface area (Å²) in [5.74, 6) is 0. The number of aliphatic hydroxyl groups is 1. The van der Waals surface area contributed by atoms with Crippen molar-refractivity contribution in [1.29, 1.82) is 0 Å². The van der Waals surface area contributed by atoms with Crippen molar-refractivity contribution in [3.63, 3.8) is 0 Å². The second-order valence-corrected chi connectivity index (χ2v) is 4.34. The summed E-state index contributed by atoms with van der Waals surface area (Å²) in [6.45, 7) is 7.91. The molecule has 0 fully saturated rings. The van der Waals surface area contributed by atoms with Gasteiger partial charge in [-0.25, -0.2) is 4.57 Å². The third kappa shape index (κ3) is 259. The lowest BCUT2D eigenvalue weighted by Crippen LogP contribution is -1.85. The van der Waals surface area contributed by atoms with E-state index in [1.807, 2.05) is 0 Å². The van der Waals surface area contributed by atoms with Crippen LogP contribution in [0, 0.1) is 0 Å². The van der Waals surface area contributed by atoms with Crippen molar-refractivity contribution in [2.45, 2.75) is 59.5 Å². The summed E-state index contributed by atoms with van der Waals surface area (Å²) in [6.07, 6.45) is 5.37. The predicted molar refractivity (Wildman–Crippen MR) is 65.0 cm³/mol. The van der Waals surface area contributed by atoms with Crippen molar-refractivity contribution in [3.05, 3.63) is 0 Å². The first-order chi connectivity index (χ1) is 6.65. The molecule has 0 radical (unpaired) electrons. The minimum atomic E-state index is -4.64. The summed E-state index contributed by atoms with van der Waals surface area (Å²) in [6, 6.07) is 0. The monoisotopic (exact) mass is 262 g/mol. The highest BCUT2D eigenvalue weighted by molar-refractivity contribution is 7.45. The van der Waals surface area contributed by atoms with Crippen LogP contribution in [-0.2, 0) is 4.57 Å². The maximum atomic E-state index is 8.88. The van der Waals surface area contributed by atoms with Crippen LogP contribution in [0.4, 0.5) is 0 Å². The molecule has 104 valence electrons. The standard InChI is InChI=1S/C6H14.C3H8O.H3O4P.H2O/c1-3-5-6-4-2;1-3(2)4;1-5(2,3)4;/h3-6H2,1-2H3;3-4H,1-2H3;(H3,1,2,3,4);1H2. The second kappa shape index (κ2) is 17.4. The lowest BCUT2D eigenvalue weighted by atomic mass is 10.2. The Bertz CT molecular complexity index is 130. The molecule has 0 aliphatic heterocycles. The molecule has 6 N–H and O–H groups in total. The summed E-state index contributed by atoms with van der Waals surface area (Å²) >= 11 is 0. The fraction of sp³-hybridized carbons (Fsp3) is 1.00. The summed E-state index contributed by atoms with van der Waals surface area (Å²) in [5, 5.41) is 8.06. The first kappa shape index (κ1) is 25.0. The smallest absolute Gasteiger partial charge is 0.412 e. The Morgan fingerprint density at radius 1 is 1.00 bits per heavy atom. The van der Waals surface area contributed by atoms with E-state index in [4.69, 9.17) is 24.4 Å². The van der Waals surface area contributed by atoms with Gasteiger partial charge in [0, 0.05) is 6.10 Å². The first-order valence-corrected chi connectivity index (χ1v) is 6.67. The zero-order valence-electron chi connectivity index (χ0n) is 10.6. The van der Waals surface area contributed by atoms with Crippen LogP contribution in [0.1, 0.15) is 53.4 Å². The van der Waals surface area contributed by atoms with E-state index in [1.54, 1.807) is 13.8 Å². The van der Waals surface area contributed by atoms with E-state index in [0.29, 0.717) is 0 Å². The molecule has 0 rings (SSSR count). The molecule has 0 unspecified atom stereocenters. The Kier molecular flexibility index (Phi) is 27.3. The average molecular weight is 262 g/mol.